The van der Waals surface area contributed by atoms with Gasteiger partial charge in [-0.1, -0.05) is 0 Å². The highest BCUT2D eigenvalue weighted by Gasteiger charge is 2.41. The number of nitrogens with one attached hydrogen (secondary N) is 1. The summed E-state index contributed by atoms with van der Waals surface area (Å²) < 4.78 is 28.1. The third-order valence-electron chi connectivity index (χ3n) is 3.90. The third kappa shape index (κ3) is 2.57. The lowest BCUT2D eigenvalue weighted by Gasteiger charge is -2.24. The van der Waals surface area contributed by atoms with Gasteiger partial charge in [0.1, 0.15) is 0 Å². The minimum atomic E-state index is -2.74. The van der Waals surface area contributed by atoms with Crippen molar-refractivity contribution in [2.45, 2.75) is 25.3 Å². The zero-order valence-corrected chi connectivity index (χ0v) is 10.8. The number of methoxy groups -OCH3 is 1. The van der Waals surface area contributed by atoms with Gasteiger partial charge in [-0.3, -0.25) is 0 Å². The van der Waals surface area contributed by atoms with Gasteiger partial charge in [0.25, 0.3) is 0 Å². The fourth-order valence-electron chi connectivity index (χ4n) is 3.06. The Labute approximate surface area is 97.7 Å². The molecule has 5 heteroatoms. The van der Waals surface area contributed by atoms with E-state index < -0.39 is 9.84 Å². The molecule has 0 bridgehead atoms. The number of sulfone groups is 1. The van der Waals surface area contributed by atoms with Crippen LogP contribution >= 0.6 is 0 Å². The molecule has 0 aromatic rings. The summed E-state index contributed by atoms with van der Waals surface area (Å²) in [4.78, 5) is 0. The molecule has 2 rings (SSSR count). The molecule has 2 saturated heterocycles. The Morgan fingerprint density at radius 1 is 1.44 bits per heavy atom. The third-order valence-corrected chi connectivity index (χ3v) is 5.69. The zero-order chi connectivity index (χ0) is 11.8. The molecule has 2 fully saturated rings. The van der Waals surface area contributed by atoms with Crippen LogP contribution in [0.25, 0.3) is 0 Å². The first kappa shape index (κ1) is 12.3. The van der Waals surface area contributed by atoms with Crippen LogP contribution in [0, 0.1) is 11.8 Å². The van der Waals surface area contributed by atoms with E-state index in [1.807, 2.05) is 0 Å². The summed E-state index contributed by atoms with van der Waals surface area (Å²) in [5.41, 5.74) is 0.0335. The average molecular weight is 247 g/mol. The summed E-state index contributed by atoms with van der Waals surface area (Å²) in [5, 5.41) is 3.47. The van der Waals surface area contributed by atoms with Gasteiger partial charge in [-0.2, -0.15) is 0 Å². The van der Waals surface area contributed by atoms with Crippen LogP contribution in [0.1, 0.15) is 19.8 Å². The van der Waals surface area contributed by atoms with E-state index in [4.69, 9.17) is 4.74 Å². The number of hydrogen-bond acceptors (Lipinski definition) is 4. The Morgan fingerprint density at radius 2 is 2.19 bits per heavy atom. The van der Waals surface area contributed by atoms with Gasteiger partial charge in [-0.25, -0.2) is 8.42 Å². The summed E-state index contributed by atoms with van der Waals surface area (Å²) in [6.07, 6.45) is 1.87. The van der Waals surface area contributed by atoms with Crippen molar-refractivity contribution in [1.29, 1.82) is 0 Å². The van der Waals surface area contributed by atoms with Gasteiger partial charge in [0.2, 0.25) is 0 Å². The van der Waals surface area contributed by atoms with Crippen LogP contribution in [0.4, 0.5) is 0 Å². The van der Waals surface area contributed by atoms with E-state index >= 15 is 0 Å². The van der Waals surface area contributed by atoms with E-state index in [-0.39, 0.29) is 5.54 Å². The molecule has 0 amide bonds. The molecule has 0 aromatic carbocycles. The highest BCUT2D eigenvalue weighted by molar-refractivity contribution is 7.91. The van der Waals surface area contributed by atoms with Crippen molar-refractivity contribution in [3.8, 4) is 0 Å². The van der Waals surface area contributed by atoms with E-state index in [1.54, 1.807) is 7.11 Å². The summed E-state index contributed by atoms with van der Waals surface area (Å²) in [6.45, 7) is 3.78. The second-order valence-electron chi connectivity index (χ2n) is 5.50. The van der Waals surface area contributed by atoms with Gasteiger partial charge in [0.05, 0.1) is 18.1 Å². The molecular formula is C11H21NO3S. The molecule has 2 aliphatic heterocycles. The van der Waals surface area contributed by atoms with Crippen LogP contribution in [-0.2, 0) is 14.6 Å². The first-order chi connectivity index (χ1) is 7.44. The topological polar surface area (TPSA) is 55.4 Å². The molecule has 0 spiro atoms. The monoisotopic (exact) mass is 247 g/mol. The highest BCUT2D eigenvalue weighted by atomic mass is 32.2. The molecule has 1 N–H and O–H groups in total. The second kappa shape index (κ2) is 4.27. The van der Waals surface area contributed by atoms with Crippen molar-refractivity contribution in [2.75, 3.05) is 31.8 Å². The van der Waals surface area contributed by atoms with E-state index in [0.29, 0.717) is 29.9 Å². The van der Waals surface area contributed by atoms with Crippen molar-refractivity contribution in [1.82, 2.24) is 5.32 Å². The fourth-order valence-corrected chi connectivity index (χ4v) is 4.98. The summed E-state index contributed by atoms with van der Waals surface area (Å²) in [5.74, 6) is 1.63. The molecule has 94 valence electrons. The van der Waals surface area contributed by atoms with Crippen LogP contribution in [-0.4, -0.2) is 45.7 Å². The quantitative estimate of drug-likeness (QED) is 0.786. The standard InChI is InChI=1S/C11H21NO3S/c1-11(8-15-2)5-10(6-12-11)9-3-4-16(13,14)7-9/h9-10,12H,3-8H2,1-2H3. The van der Waals surface area contributed by atoms with Crippen LogP contribution < -0.4 is 5.32 Å². The molecular weight excluding hydrogens is 226 g/mol. The number of rotatable bonds is 3. The Kier molecular flexibility index (Phi) is 3.29. The maximum absolute atomic E-state index is 11.4. The molecule has 2 heterocycles. The number of ether oxygens (including phenoxy) is 1. The SMILES string of the molecule is COCC1(C)CC(C2CCS(=O)(=O)C2)CN1. The van der Waals surface area contributed by atoms with E-state index in [9.17, 15) is 8.42 Å². The Hall–Kier alpha value is -0.130. The van der Waals surface area contributed by atoms with E-state index in [2.05, 4.69) is 12.2 Å². The molecule has 0 saturated carbocycles. The molecule has 0 aromatic heterocycles. The Bertz CT molecular complexity index is 354. The lowest BCUT2D eigenvalue weighted by Crippen LogP contribution is -2.40. The smallest absolute Gasteiger partial charge is 0.150 e. The van der Waals surface area contributed by atoms with Crippen molar-refractivity contribution >= 4 is 9.84 Å². The maximum Gasteiger partial charge on any atom is 0.150 e. The van der Waals surface area contributed by atoms with Crippen molar-refractivity contribution in [3.63, 3.8) is 0 Å². The van der Waals surface area contributed by atoms with Crippen LogP contribution in [0.2, 0.25) is 0 Å². The highest BCUT2D eigenvalue weighted by Crippen LogP contribution is 2.35. The summed E-state index contributed by atoms with van der Waals surface area (Å²) in [6, 6.07) is 0. The maximum atomic E-state index is 11.4. The Balaban J connectivity index is 1.94. The lowest BCUT2D eigenvalue weighted by atomic mass is 9.86. The first-order valence-electron chi connectivity index (χ1n) is 5.88. The van der Waals surface area contributed by atoms with Crippen molar-refractivity contribution in [3.05, 3.63) is 0 Å². The summed E-state index contributed by atoms with van der Waals surface area (Å²) >= 11 is 0. The van der Waals surface area contributed by atoms with Crippen LogP contribution in [0.5, 0.6) is 0 Å². The van der Waals surface area contributed by atoms with Crippen LogP contribution in [0.15, 0.2) is 0 Å². The summed E-state index contributed by atoms with van der Waals surface area (Å²) in [7, 11) is -1.03. The van der Waals surface area contributed by atoms with Gasteiger partial charge in [0.15, 0.2) is 9.84 Å². The molecule has 3 unspecified atom stereocenters. The zero-order valence-electron chi connectivity index (χ0n) is 10.0. The predicted molar refractivity (Wildman–Crippen MR) is 63.2 cm³/mol. The van der Waals surface area contributed by atoms with Gasteiger partial charge in [-0.05, 0) is 38.1 Å². The molecule has 16 heavy (non-hydrogen) atoms. The number of hydrogen-bond donors (Lipinski definition) is 1. The van der Waals surface area contributed by atoms with Gasteiger partial charge in [0, 0.05) is 12.6 Å². The first-order valence-corrected chi connectivity index (χ1v) is 7.71. The molecule has 0 aliphatic carbocycles. The van der Waals surface area contributed by atoms with Crippen LogP contribution in [0.3, 0.4) is 0 Å². The predicted octanol–water partition coefficient (Wildman–Crippen LogP) is 0.436. The normalized spacial score (nSPS) is 42.6. The van der Waals surface area contributed by atoms with Crippen molar-refractivity contribution < 1.29 is 13.2 Å². The van der Waals surface area contributed by atoms with Gasteiger partial charge < -0.3 is 10.1 Å². The molecule has 4 nitrogen and oxygen atoms in total. The largest absolute Gasteiger partial charge is 0.383 e. The minimum Gasteiger partial charge on any atom is -0.383 e. The second-order valence-corrected chi connectivity index (χ2v) is 7.73. The minimum absolute atomic E-state index is 0.0335. The molecule has 0 radical (unpaired) electrons. The average Bonchev–Trinajstić information content (AvgIpc) is 2.71. The molecule has 3 atom stereocenters. The van der Waals surface area contributed by atoms with E-state index in [0.717, 1.165) is 19.4 Å². The van der Waals surface area contributed by atoms with Gasteiger partial charge in [-0.15, -0.1) is 0 Å². The lowest BCUT2D eigenvalue weighted by molar-refractivity contribution is 0.126. The molecule has 2 aliphatic rings. The fraction of sp³-hybridized carbons (Fsp3) is 1.00. The Morgan fingerprint density at radius 3 is 2.75 bits per heavy atom. The van der Waals surface area contributed by atoms with E-state index in [1.165, 1.54) is 0 Å². The van der Waals surface area contributed by atoms with Gasteiger partial charge >= 0.3 is 0 Å². The van der Waals surface area contributed by atoms with Crippen molar-refractivity contribution in [2.24, 2.45) is 11.8 Å².